The number of aromatic nitrogens is 1. The summed E-state index contributed by atoms with van der Waals surface area (Å²) < 4.78 is 37.4. The van der Waals surface area contributed by atoms with Gasteiger partial charge in [0.1, 0.15) is 11.4 Å². The Morgan fingerprint density at radius 3 is 2.37 bits per heavy atom. The molecule has 2 aromatic carbocycles. The lowest BCUT2D eigenvalue weighted by Crippen LogP contribution is -2.30. The molecule has 0 aliphatic carbocycles. The zero-order valence-electron chi connectivity index (χ0n) is 20.7. The molecular weight excluding hydrogens is 534 g/mol. The largest absolute Gasteiger partial charge is 0.497 e. The normalized spacial score (nSPS) is 10.9. The molecule has 0 radical (unpaired) electrons. The highest BCUT2D eigenvalue weighted by atomic mass is 35.5. The number of halogens is 1. The van der Waals surface area contributed by atoms with E-state index in [2.05, 4.69) is 10.3 Å². The topological polar surface area (TPSA) is 141 Å². The standard InChI is InChI=1S/C26H26ClN3O7S/c1-3-14-37-26(33)23-11-6-18(16-29-23)24(31)30-38(34,35)20-8-4-17(5-9-20)12-13-28-25(32)21-15-19(36-2)7-10-22(21)27/h4-11,15-16H,3,12-14H2,1-2H3,(H,28,32)(H,30,31). The van der Waals surface area contributed by atoms with Gasteiger partial charge in [-0.05, 0) is 60.9 Å². The second-order valence-corrected chi connectivity index (χ2v) is 10.1. The number of nitrogens with one attached hydrogen (secondary N) is 2. The van der Waals surface area contributed by atoms with Gasteiger partial charge >= 0.3 is 5.97 Å². The van der Waals surface area contributed by atoms with Crippen LogP contribution < -0.4 is 14.8 Å². The molecule has 2 N–H and O–H groups in total. The molecule has 1 aromatic heterocycles. The van der Waals surface area contributed by atoms with Crippen LogP contribution in [-0.2, 0) is 21.2 Å². The zero-order valence-corrected chi connectivity index (χ0v) is 22.3. The third-order valence-corrected chi connectivity index (χ3v) is 6.93. The van der Waals surface area contributed by atoms with Gasteiger partial charge in [0, 0.05) is 12.7 Å². The van der Waals surface area contributed by atoms with Gasteiger partial charge < -0.3 is 14.8 Å². The quantitative estimate of drug-likeness (QED) is 0.341. The van der Waals surface area contributed by atoms with Crippen molar-refractivity contribution in [3.8, 4) is 5.75 Å². The Kier molecular flexibility index (Phi) is 9.80. The maximum Gasteiger partial charge on any atom is 0.356 e. The molecule has 0 fully saturated rings. The minimum Gasteiger partial charge on any atom is -0.497 e. The van der Waals surface area contributed by atoms with Crippen molar-refractivity contribution >= 4 is 39.4 Å². The minimum atomic E-state index is -4.16. The third-order valence-electron chi connectivity index (χ3n) is 5.25. The van der Waals surface area contributed by atoms with Crippen LogP contribution in [0.15, 0.2) is 65.7 Å². The van der Waals surface area contributed by atoms with E-state index < -0.39 is 21.9 Å². The number of methoxy groups -OCH3 is 1. The van der Waals surface area contributed by atoms with Crippen LogP contribution in [-0.4, -0.2) is 51.4 Å². The number of pyridine rings is 1. The van der Waals surface area contributed by atoms with Crippen molar-refractivity contribution in [1.29, 1.82) is 0 Å². The van der Waals surface area contributed by atoms with Crippen molar-refractivity contribution in [3.63, 3.8) is 0 Å². The summed E-state index contributed by atoms with van der Waals surface area (Å²) in [6, 6.07) is 13.2. The molecule has 0 aliphatic heterocycles. The van der Waals surface area contributed by atoms with E-state index in [1.54, 1.807) is 24.3 Å². The van der Waals surface area contributed by atoms with Gasteiger partial charge in [0.15, 0.2) is 0 Å². The van der Waals surface area contributed by atoms with Crippen LogP contribution in [0.2, 0.25) is 5.02 Å². The molecule has 3 rings (SSSR count). The van der Waals surface area contributed by atoms with Gasteiger partial charge in [-0.15, -0.1) is 0 Å². The van der Waals surface area contributed by atoms with Crippen molar-refractivity contribution < 1.29 is 32.3 Å². The highest BCUT2D eigenvalue weighted by molar-refractivity contribution is 7.90. The number of ether oxygens (including phenoxy) is 2. The molecule has 0 atom stereocenters. The summed E-state index contributed by atoms with van der Waals surface area (Å²) in [7, 11) is -2.67. The first kappa shape index (κ1) is 28.6. The van der Waals surface area contributed by atoms with Crippen LogP contribution in [0, 0.1) is 0 Å². The molecule has 2 amide bonds. The number of rotatable bonds is 11. The van der Waals surface area contributed by atoms with Gasteiger partial charge in [0.25, 0.3) is 21.8 Å². The molecule has 0 bridgehead atoms. The Morgan fingerprint density at radius 2 is 1.74 bits per heavy atom. The maximum absolute atomic E-state index is 12.7. The van der Waals surface area contributed by atoms with E-state index in [1.807, 2.05) is 11.6 Å². The first-order valence-corrected chi connectivity index (χ1v) is 13.4. The summed E-state index contributed by atoms with van der Waals surface area (Å²) in [5.74, 6) is -1.39. The van der Waals surface area contributed by atoms with Crippen molar-refractivity contribution in [2.75, 3.05) is 20.3 Å². The van der Waals surface area contributed by atoms with Crippen LogP contribution in [0.5, 0.6) is 5.75 Å². The molecule has 0 aliphatic rings. The summed E-state index contributed by atoms with van der Waals surface area (Å²) in [5, 5.41) is 3.05. The SMILES string of the molecule is CCCOC(=O)c1ccc(C(=O)NS(=O)(=O)c2ccc(CCNC(=O)c3cc(OC)ccc3Cl)cc2)cn1. The molecule has 3 aromatic rings. The number of hydrogen-bond acceptors (Lipinski definition) is 8. The molecule has 38 heavy (non-hydrogen) atoms. The summed E-state index contributed by atoms with van der Waals surface area (Å²) >= 11 is 6.09. The monoisotopic (exact) mass is 559 g/mol. The second kappa shape index (κ2) is 13.0. The lowest BCUT2D eigenvalue weighted by Gasteiger charge is -2.10. The van der Waals surface area contributed by atoms with E-state index in [1.165, 1.54) is 37.4 Å². The molecule has 12 heteroatoms. The van der Waals surface area contributed by atoms with Gasteiger partial charge in [-0.3, -0.25) is 9.59 Å². The Labute approximate surface area is 225 Å². The Balaban J connectivity index is 1.56. The molecule has 200 valence electrons. The van der Waals surface area contributed by atoms with E-state index in [-0.39, 0.29) is 40.8 Å². The molecule has 0 spiro atoms. The number of carbonyl (C=O) groups excluding carboxylic acids is 3. The van der Waals surface area contributed by atoms with E-state index in [4.69, 9.17) is 21.1 Å². The minimum absolute atomic E-state index is 0.0104. The molecule has 0 saturated carbocycles. The predicted octanol–water partition coefficient (Wildman–Crippen LogP) is 3.40. The van der Waals surface area contributed by atoms with E-state index >= 15 is 0 Å². The number of esters is 1. The highest BCUT2D eigenvalue weighted by Crippen LogP contribution is 2.22. The number of sulfonamides is 1. The molecule has 1 heterocycles. The first-order valence-electron chi connectivity index (χ1n) is 11.6. The number of carbonyl (C=O) groups is 3. The van der Waals surface area contributed by atoms with Crippen molar-refractivity contribution in [2.24, 2.45) is 0 Å². The third kappa shape index (κ3) is 7.53. The van der Waals surface area contributed by atoms with Gasteiger partial charge in [-0.1, -0.05) is 30.7 Å². The fourth-order valence-electron chi connectivity index (χ4n) is 3.21. The molecule has 10 nitrogen and oxygen atoms in total. The van der Waals surface area contributed by atoms with Gasteiger partial charge in [-0.2, -0.15) is 0 Å². The average molecular weight is 560 g/mol. The summed E-state index contributed by atoms with van der Waals surface area (Å²) in [6.45, 7) is 2.38. The fraction of sp³-hybridized carbons (Fsp3) is 0.231. The molecule has 0 saturated heterocycles. The number of nitrogens with zero attached hydrogens (tertiary/aromatic N) is 1. The van der Waals surface area contributed by atoms with Gasteiger partial charge in [0.2, 0.25) is 0 Å². The number of benzene rings is 2. The number of hydrogen-bond donors (Lipinski definition) is 2. The maximum atomic E-state index is 12.7. The number of amides is 2. The van der Waals surface area contributed by atoms with Crippen molar-refractivity contribution in [3.05, 3.63) is 88.2 Å². The van der Waals surface area contributed by atoms with Gasteiger partial charge in [0.05, 0.1) is 34.8 Å². The first-order chi connectivity index (χ1) is 18.1. The van der Waals surface area contributed by atoms with E-state index in [9.17, 15) is 22.8 Å². The predicted molar refractivity (Wildman–Crippen MR) is 140 cm³/mol. The lowest BCUT2D eigenvalue weighted by atomic mass is 10.1. The Morgan fingerprint density at radius 1 is 1.00 bits per heavy atom. The van der Waals surface area contributed by atoms with Crippen LogP contribution in [0.3, 0.4) is 0 Å². The second-order valence-electron chi connectivity index (χ2n) is 8.00. The summed E-state index contributed by atoms with van der Waals surface area (Å²) in [5.41, 5.74) is 1.02. The molecule has 0 unspecified atom stereocenters. The van der Waals surface area contributed by atoms with Crippen LogP contribution in [0.4, 0.5) is 0 Å². The summed E-state index contributed by atoms with van der Waals surface area (Å²) in [4.78, 5) is 40.4. The smallest absolute Gasteiger partial charge is 0.356 e. The van der Waals surface area contributed by atoms with Gasteiger partial charge in [-0.25, -0.2) is 22.9 Å². The molecular formula is C26H26ClN3O7S. The lowest BCUT2D eigenvalue weighted by molar-refractivity contribution is 0.0497. The Hall–Kier alpha value is -3.96. The highest BCUT2D eigenvalue weighted by Gasteiger charge is 2.20. The zero-order chi connectivity index (χ0) is 27.7. The van der Waals surface area contributed by atoms with E-state index in [0.29, 0.717) is 23.6 Å². The van der Waals surface area contributed by atoms with E-state index in [0.717, 1.165) is 11.8 Å². The van der Waals surface area contributed by atoms with Crippen LogP contribution in [0.1, 0.15) is 50.1 Å². The van der Waals surface area contributed by atoms with Crippen LogP contribution in [0.25, 0.3) is 0 Å². The Bertz CT molecular complexity index is 1410. The fourth-order valence-corrected chi connectivity index (χ4v) is 4.39. The average Bonchev–Trinajstić information content (AvgIpc) is 2.92. The van der Waals surface area contributed by atoms with Crippen molar-refractivity contribution in [2.45, 2.75) is 24.7 Å². The van der Waals surface area contributed by atoms with Crippen LogP contribution >= 0.6 is 11.6 Å². The summed E-state index contributed by atoms with van der Waals surface area (Å²) in [6.07, 6.45) is 2.18. The van der Waals surface area contributed by atoms with Crippen molar-refractivity contribution in [1.82, 2.24) is 15.0 Å².